The van der Waals surface area contributed by atoms with Gasteiger partial charge in [-0.2, -0.15) is 0 Å². The van der Waals surface area contributed by atoms with E-state index in [0.29, 0.717) is 6.04 Å². The molecule has 0 aliphatic carbocycles. The topological polar surface area (TPSA) is 28.0 Å². The molecule has 2 aromatic rings. The maximum Gasteiger partial charge on any atom is 0.101 e. The van der Waals surface area contributed by atoms with Crippen LogP contribution in [-0.2, 0) is 0 Å². The molecular formula is C18H17N3. The van der Waals surface area contributed by atoms with E-state index in [1.165, 1.54) is 16.8 Å². The monoisotopic (exact) mass is 275 g/mol. The van der Waals surface area contributed by atoms with Crippen molar-refractivity contribution in [2.75, 3.05) is 18.0 Å². The van der Waals surface area contributed by atoms with Crippen molar-refractivity contribution in [2.45, 2.75) is 13.0 Å². The highest BCUT2D eigenvalue weighted by molar-refractivity contribution is 6.18. The Morgan fingerprint density at radius 1 is 0.905 bits per heavy atom. The molecule has 0 saturated heterocycles. The molecule has 2 aliphatic heterocycles. The first-order valence-corrected chi connectivity index (χ1v) is 7.34. The van der Waals surface area contributed by atoms with E-state index in [2.05, 4.69) is 65.3 Å². The molecule has 104 valence electrons. The first-order chi connectivity index (χ1) is 10.3. The third-order valence-electron chi connectivity index (χ3n) is 4.17. The van der Waals surface area contributed by atoms with E-state index >= 15 is 0 Å². The summed E-state index contributed by atoms with van der Waals surface area (Å²) in [6.07, 6.45) is 0. The van der Waals surface area contributed by atoms with Crippen molar-refractivity contribution in [3.05, 3.63) is 65.7 Å². The summed E-state index contributed by atoms with van der Waals surface area (Å²) in [4.78, 5) is 11.8. The number of amidine groups is 1. The van der Waals surface area contributed by atoms with Crippen molar-refractivity contribution in [2.24, 2.45) is 9.98 Å². The summed E-state index contributed by atoms with van der Waals surface area (Å²) >= 11 is 0. The fourth-order valence-electron chi connectivity index (χ4n) is 3.18. The largest absolute Gasteiger partial charge is 0.323 e. The Balaban J connectivity index is 1.90. The number of hydrogen-bond donors (Lipinski definition) is 0. The van der Waals surface area contributed by atoms with Gasteiger partial charge in [0.05, 0.1) is 30.5 Å². The van der Waals surface area contributed by atoms with Gasteiger partial charge in [0.25, 0.3) is 0 Å². The van der Waals surface area contributed by atoms with Crippen LogP contribution in [0.5, 0.6) is 0 Å². The number of para-hydroxylation sites is 1. The highest BCUT2D eigenvalue weighted by atomic mass is 15.3. The molecule has 0 aromatic heterocycles. The van der Waals surface area contributed by atoms with Crippen molar-refractivity contribution in [1.29, 1.82) is 0 Å². The third-order valence-corrected chi connectivity index (χ3v) is 4.17. The van der Waals surface area contributed by atoms with Crippen LogP contribution in [0.4, 0.5) is 5.69 Å². The van der Waals surface area contributed by atoms with Crippen LogP contribution in [0.1, 0.15) is 18.1 Å². The average molecular weight is 275 g/mol. The molecule has 0 spiro atoms. The lowest BCUT2D eigenvalue weighted by Crippen LogP contribution is -2.37. The summed E-state index contributed by atoms with van der Waals surface area (Å²) in [7, 11) is 0. The lowest BCUT2D eigenvalue weighted by Gasteiger charge is -2.25. The number of aliphatic imine (C=N–C) groups is 2. The molecule has 2 heterocycles. The van der Waals surface area contributed by atoms with Gasteiger partial charge in [0.1, 0.15) is 5.84 Å². The van der Waals surface area contributed by atoms with E-state index < -0.39 is 0 Å². The summed E-state index contributed by atoms with van der Waals surface area (Å²) in [5, 5.41) is 0. The zero-order valence-corrected chi connectivity index (χ0v) is 12.0. The van der Waals surface area contributed by atoms with Crippen LogP contribution in [0.3, 0.4) is 0 Å². The fourth-order valence-corrected chi connectivity index (χ4v) is 3.18. The van der Waals surface area contributed by atoms with Crippen LogP contribution in [0.2, 0.25) is 0 Å². The summed E-state index contributed by atoms with van der Waals surface area (Å²) in [6.45, 7) is 3.72. The fraction of sp³-hybridized carbons (Fsp3) is 0.222. The summed E-state index contributed by atoms with van der Waals surface area (Å²) in [6, 6.07) is 19.3. The van der Waals surface area contributed by atoms with Gasteiger partial charge in [-0.15, -0.1) is 0 Å². The maximum atomic E-state index is 4.91. The Morgan fingerprint density at radius 3 is 2.48 bits per heavy atom. The molecule has 2 aliphatic rings. The summed E-state index contributed by atoms with van der Waals surface area (Å²) in [5.74, 6) is 1.09. The van der Waals surface area contributed by atoms with Gasteiger partial charge in [0.2, 0.25) is 0 Å². The molecule has 0 N–H and O–H groups in total. The number of nitrogens with zero attached hydrogens (tertiary/aromatic N) is 3. The molecule has 0 fully saturated rings. The molecule has 2 aromatic carbocycles. The quantitative estimate of drug-likeness (QED) is 0.785. The van der Waals surface area contributed by atoms with Crippen molar-refractivity contribution < 1.29 is 0 Å². The number of anilines is 1. The van der Waals surface area contributed by atoms with Gasteiger partial charge in [-0.1, -0.05) is 48.5 Å². The Morgan fingerprint density at radius 2 is 1.62 bits per heavy atom. The number of fused-ring (bicyclic) bond motifs is 3. The van der Waals surface area contributed by atoms with Gasteiger partial charge < -0.3 is 4.90 Å². The highest BCUT2D eigenvalue weighted by Crippen LogP contribution is 2.31. The maximum absolute atomic E-state index is 4.91. The van der Waals surface area contributed by atoms with Crippen molar-refractivity contribution in [3.63, 3.8) is 0 Å². The first-order valence-electron chi connectivity index (χ1n) is 7.34. The molecule has 3 heteroatoms. The minimum absolute atomic E-state index is 0.354. The van der Waals surface area contributed by atoms with Crippen LogP contribution in [0.25, 0.3) is 0 Å². The van der Waals surface area contributed by atoms with Crippen molar-refractivity contribution >= 4 is 17.2 Å². The zero-order chi connectivity index (χ0) is 14.2. The molecule has 0 radical (unpaired) electrons. The van der Waals surface area contributed by atoms with E-state index in [-0.39, 0.29) is 0 Å². The summed E-state index contributed by atoms with van der Waals surface area (Å²) in [5.41, 5.74) is 4.69. The minimum atomic E-state index is 0.354. The van der Waals surface area contributed by atoms with Crippen LogP contribution < -0.4 is 4.90 Å². The van der Waals surface area contributed by atoms with Gasteiger partial charge in [0, 0.05) is 11.1 Å². The lowest BCUT2D eigenvalue weighted by molar-refractivity contribution is 0.724. The molecule has 0 amide bonds. The van der Waals surface area contributed by atoms with E-state index in [9.17, 15) is 0 Å². The summed E-state index contributed by atoms with van der Waals surface area (Å²) < 4.78 is 0. The third kappa shape index (κ3) is 1.97. The molecule has 3 nitrogen and oxygen atoms in total. The van der Waals surface area contributed by atoms with Crippen LogP contribution >= 0.6 is 0 Å². The highest BCUT2D eigenvalue weighted by Gasteiger charge is 2.31. The van der Waals surface area contributed by atoms with E-state index in [1.807, 2.05) is 6.07 Å². The predicted molar refractivity (Wildman–Crippen MR) is 87.6 cm³/mol. The molecule has 1 atom stereocenters. The van der Waals surface area contributed by atoms with Crippen LogP contribution in [0, 0.1) is 0 Å². The second-order valence-corrected chi connectivity index (χ2v) is 5.48. The Hall–Kier alpha value is -2.42. The Labute approximate surface area is 124 Å². The van der Waals surface area contributed by atoms with Crippen LogP contribution in [-0.4, -0.2) is 30.7 Å². The van der Waals surface area contributed by atoms with Gasteiger partial charge in [-0.25, -0.2) is 0 Å². The average Bonchev–Trinajstić information content (AvgIpc) is 2.81. The molecule has 0 saturated carbocycles. The Bertz CT molecular complexity index is 731. The predicted octanol–water partition coefficient (Wildman–Crippen LogP) is 3.14. The van der Waals surface area contributed by atoms with E-state index in [0.717, 1.165) is 24.6 Å². The standard InChI is InChI=1S/C18H17N3/c1-13-19-11-15-12-20-18(14-7-3-2-4-8-14)16-9-5-6-10-17(16)21(13)15/h2-10,15H,11-12H2,1H3. The van der Waals surface area contributed by atoms with Gasteiger partial charge in [-0.3, -0.25) is 9.98 Å². The van der Waals surface area contributed by atoms with Gasteiger partial charge in [-0.05, 0) is 13.0 Å². The van der Waals surface area contributed by atoms with Crippen molar-refractivity contribution in [3.8, 4) is 0 Å². The zero-order valence-electron chi connectivity index (χ0n) is 12.0. The second kappa shape index (κ2) is 4.85. The lowest BCUT2D eigenvalue weighted by atomic mass is 10.00. The number of benzene rings is 2. The molecule has 4 rings (SSSR count). The smallest absolute Gasteiger partial charge is 0.101 e. The second-order valence-electron chi connectivity index (χ2n) is 5.48. The SMILES string of the molecule is CC1=NCC2CN=C(c3ccccc3)c3ccccc3N12. The van der Waals surface area contributed by atoms with Gasteiger partial charge >= 0.3 is 0 Å². The number of hydrogen-bond acceptors (Lipinski definition) is 3. The van der Waals surface area contributed by atoms with Gasteiger partial charge in [0.15, 0.2) is 0 Å². The Kier molecular flexibility index (Phi) is 2.85. The first kappa shape index (κ1) is 12.3. The van der Waals surface area contributed by atoms with E-state index in [4.69, 9.17) is 4.99 Å². The number of rotatable bonds is 1. The molecule has 1 unspecified atom stereocenters. The minimum Gasteiger partial charge on any atom is -0.323 e. The molecule has 21 heavy (non-hydrogen) atoms. The molecular weight excluding hydrogens is 258 g/mol. The normalized spacial score (nSPS) is 20.2. The van der Waals surface area contributed by atoms with Crippen LogP contribution in [0.15, 0.2) is 64.6 Å². The van der Waals surface area contributed by atoms with E-state index in [1.54, 1.807) is 0 Å². The van der Waals surface area contributed by atoms with Crippen molar-refractivity contribution in [1.82, 2.24) is 0 Å². The molecule has 0 bridgehead atoms.